The maximum absolute atomic E-state index is 9.88. The van der Waals surface area contributed by atoms with E-state index in [1.165, 1.54) is 0 Å². The number of rotatable bonds is 6. The molecule has 0 aromatic heterocycles. The number of allylic oxidation sites excluding steroid dienone is 1. The van der Waals surface area contributed by atoms with Gasteiger partial charge in [0.2, 0.25) is 5.88 Å². The molecule has 1 fully saturated rings. The first-order valence-corrected chi connectivity index (χ1v) is 10.7. The third kappa shape index (κ3) is 4.02. The molecule has 8 heteroatoms. The molecule has 31 heavy (non-hydrogen) atoms. The minimum Gasteiger partial charge on any atom is -0.494 e. The van der Waals surface area contributed by atoms with E-state index in [0.29, 0.717) is 23.8 Å². The van der Waals surface area contributed by atoms with Crippen LogP contribution in [0, 0.1) is 17.2 Å². The molecule has 0 aliphatic carbocycles. The van der Waals surface area contributed by atoms with E-state index in [1.54, 1.807) is 0 Å². The van der Waals surface area contributed by atoms with Crippen LogP contribution in [0.15, 0.2) is 53.9 Å². The highest BCUT2D eigenvalue weighted by atomic mass is 35.5. The van der Waals surface area contributed by atoms with Gasteiger partial charge in [0, 0.05) is 28.5 Å². The fourth-order valence-electron chi connectivity index (χ4n) is 4.34. The molecule has 0 bridgehead atoms. The number of nitrogens with two attached hydrogens (primary N) is 1. The molecule has 4 atom stereocenters. The van der Waals surface area contributed by atoms with E-state index >= 15 is 0 Å². The Balaban J connectivity index is 1.79. The first kappa shape index (κ1) is 21.3. The number of hydrogen-bond acceptors (Lipinski definition) is 7. The van der Waals surface area contributed by atoms with Gasteiger partial charge >= 0.3 is 0 Å². The maximum Gasteiger partial charge on any atom is 0.200 e. The minimum absolute atomic E-state index is 0.135. The molecule has 2 aliphatic heterocycles. The number of nitriles is 1. The lowest BCUT2D eigenvalue weighted by molar-refractivity contribution is 0.0339. The fourth-order valence-corrected chi connectivity index (χ4v) is 4.46. The first-order chi connectivity index (χ1) is 15.1. The molecule has 2 aromatic rings. The number of fused-ring (bicyclic) bond motifs is 1. The maximum atomic E-state index is 9.88. The van der Waals surface area contributed by atoms with Gasteiger partial charge in [-0.3, -0.25) is 0 Å². The molecule has 7 nitrogen and oxygen atoms in total. The van der Waals surface area contributed by atoms with Crippen molar-refractivity contribution in [1.82, 2.24) is 10.9 Å². The molecule has 0 radical (unpaired) electrons. The molecule has 2 heterocycles. The normalized spacial score (nSPS) is 24.8. The van der Waals surface area contributed by atoms with Crippen molar-refractivity contribution in [3.05, 3.63) is 70.1 Å². The molecule has 1 saturated heterocycles. The molecule has 2 aliphatic rings. The Labute approximate surface area is 186 Å². The third-order valence-corrected chi connectivity index (χ3v) is 5.86. The van der Waals surface area contributed by atoms with Crippen molar-refractivity contribution >= 4 is 11.6 Å². The molecule has 0 amide bonds. The van der Waals surface area contributed by atoms with Gasteiger partial charge in [-0.25, -0.2) is 10.9 Å². The summed E-state index contributed by atoms with van der Waals surface area (Å²) < 4.78 is 17.5. The highest BCUT2D eigenvalue weighted by molar-refractivity contribution is 6.30. The lowest BCUT2D eigenvalue weighted by Gasteiger charge is -2.36. The second-order valence-corrected chi connectivity index (χ2v) is 7.80. The van der Waals surface area contributed by atoms with Crippen LogP contribution in [0.4, 0.5) is 0 Å². The van der Waals surface area contributed by atoms with Gasteiger partial charge in [-0.15, -0.1) is 0 Å². The van der Waals surface area contributed by atoms with Gasteiger partial charge in [0.15, 0.2) is 6.23 Å². The van der Waals surface area contributed by atoms with Crippen LogP contribution in [-0.4, -0.2) is 19.4 Å². The smallest absolute Gasteiger partial charge is 0.200 e. The summed E-state index contributed by atoms with van der Waals surface area (Å²) in [6.45, 7) is 4.97. The Morgan fingerprint density at radius 1 is 1.10 bits per heavy atom. The zero-order valence-corrected chi connectivity index (χ0v) is 18.1. The van der Waals surface area contributed by atoms with Crippen molar-refractivity contribution < 1.29 is 14.2 Å². The summed E-state index contributed by atoms with van der Waals surface area (Å²) in [6.07, 6.45) is -0.413. The zero-order chi connectivity index (χ0) is 22.0. The predicted octanol–water partition coefficient (Wildman–Crippen LogP) is 3.74. The average Bonchev–Trinajstić information content (AvgIpc) is 3.17. The van der Waals surface area contributed by atoms with Gasteiger partial charge in [0.1, 0.15) is 17.6 Å². The Morgan fingerprint density at radius 3 is 2.52 bits per heavy atom. The molecule has 0 saturated carbocycles. The Morgan fingerprint density at radius 2 is 1.84 bits per heavy atom. The number of benzene rings is 2. The number of ether oxygens (including phenoxy) is 3. The minimum atomic E-state index is -0.413. The SMILES string of the molecule is CCOc1ccc(C2NNC3OC(N)=C(C#N)C(c4ccc(Cl)cc4)C32)c(OCC)c1. The highest BCUT2D eigenvalue weighted by Crippen LogP contribution is 2.49. The van der Waals surface area contributed by atoms with E-state index in [1.807, 2.05) is 56.3 Å². The van der Waals surface area contributed by atoms with Gasteiger partial charge in [0.25, 0.3) is 0 Å². The topological polar surface area (TPSA) is 102 Å². The number of nitrogens with one attached hydrogen (secondary N) is 2. The second-order valence-electron chi connectivity index (χ2n) is 7.37. The number of halogens is 1. The molecule has 4 rings (SSSR count). The molecule has 4 unspecified atom stereocenters. The molecular weight excluding hydrogens is 416 g/mol. The lowest BCUT2D eigenvalue weighted by Crippen LogP contribution is -2.40. The molecular formula is C23H25ClN4O3. The quantitative estimate of drug-likeness (QED) is 0.628. The van der Waals surface area contributed by atoms with Gasteiger partial charge < -0.3 is 19.9 Å². The lowest BCUT2D eigenvalue weighted by atomic mass is 9.74. The number of hydrogen-bond donors (Lipinski definition) is 3. The van der Waals surface area contributed by atoms with Crippen molar-refractivity contribution in [2.45, 2.75) is 32.0 Å². The average molecular weight is 441 g/mol. The molecule has 0 spiro atoms. The van der Waals surface area contributed by atoms with E-state index in [4.69, 9.17) is 31.5 Å². The Kier molecular flexibility index (Phi) is 6.23. The summed E-state index contributed by atoms with van der Waals surface area (Å²) in [5, 5.41) is 10.5. The van der Waals surface area contributed by atoms with Crippen LogP contribution in [0.1, 0.15) is 36.9 Å². The van der Waals surface area contributed by atoms with Crippen molar-refractivity contribution in [2.24, 2.45) is 11.7 Å². The van der Waals surface area contributed by atoms with Gasteiger partial charge in [-0.05, 0) is 37.6 Å². The van der Waals surface area contributed by atoms with E-state index < -0.39 is 6.23 Å². The monoisotopic (exact) mass is 440 g/mol. The Hall–Kier alpha value is -2.92. The van der Waals surface area contributed by atoms with E-state index in [2.05, 4.69) is 16.9 Å². The van der Waals surface area contributed by atoms with E-state index in [9.17, 15) is 5.26 Å². The van der Waals surface area contributed by atoms with Crippen LogP contribution in [-0.2, 0) is 4.74 Å². The summed E-state index contributed by atoms with van der Waals surface area (Å²) in [5.41, 5.74) is 14.9. The van der Waals surface area contributed by atoms with Crippen molar-refractivity contribution in [3.8, 4) is 17.6 Å². The summed E-state index contributed by atoms with van der Waals surface area (Å²) in [7, 11) is 0. The van der Waals surface area contributed by atoms with Crippen molar-refractivity contribution in [1.29, 1.82) is 5.26 Å². The number of hydrazine groups is 1. The molecule has 4 N–H and O–H groups in total. The van der Waals surface area contributed by atoms with E-state index in [0.717, 1.165) is 22.6 Å². The largest absolute Gasteiger partial charge is 0.494 e. The van der Waals surface area contributed by atoms with Crippen molar-refractivity contribution in [3.63, 3.8) is 0 Å². The zero-order valence-electron chi connectivity index (χ0n) is 17.4. The number of nitrogens with zero attached hydrogens (tertiary/aromatic N) is 1. The first-order valence-electron chi connectivity index (χ1n) is 10.3. The van der Waals surface area contributed by atoms with Crippen LogP contribution in [0.25, 0.3) is 0 Å². The highest BCUT2D eigenvalue weighted by Gasteiger charge is 2.49. The van der Waals surface area contributed by atoms with Gasteiger partial charge in [-0.1, -0.05) is 29.8 Å². The van der Waals surface area contributed by atoms with E-state index in [-0.39, 0.29) is 23.8 Å². The summed E-state index contributed by atoms with van der Waals surface area (Å²) in [4.78, 5) is 0. The summed E-state index contributed by atoms with van der Waals surface area (Å²) in [5.74, 6) is 1.17. The van der Waals surface area contributed by atoms with Crippen molar-refractivity contribution in [2.75, 3.05) is 13.2 Å². The summed E-state index contributed by atoms with van der Waals surface area (Å²) in [6, 6.07) is 15.4. The van der Waals surface area contributed by atoms with Crippen LogP contribution < -0.4 is 26.1 Å². The summed E-state index contributed by atoms with van der Waals surface area (Å²) >= 11 is 6.10. The molecule has 162 valence electrons. The fraction of sp³-hybridized carbons (Fsp3) is 0.348. The van der Waals surface area contributed by atoms with Gasteiger partial charge in [0.05, 0.1) is 24.8 Å². The predicted molar refractivity (Wildman–Crippen MR) is 117 cm³/mol. The van der Waals surface area contributed by atoms with Crippen LogP contribution >= 0.6 is 11.6 Å². The van der Waals surface area contributed by atoms with Crippen LogP contribution in [0.5, 0.6) is 11.5 Å². The second kappa shape index (κ2) is 9.06. The van der Waals surface area contributed by atoms with Crippen LogP contribution in [0.3, 0.4) is 0 Å². The third-order valence-electron chi connectivity index (χ3n) is 5.61. The Bertz CT molecular complexity index is 1020. The van der Waals surface area contributed by atoms with Gasteiger partial charge in [-0.2, -0.15) is 5.26 Å². The standard InChI is InChI=1S/C23H25ClN4O3/c1-3-29-15-9-10-16(18(11-15)30-4-2)21-20-19(13-5-7-14(24)8-6-13)17(12-25)22(26)31-23(20)28-27-21/h5-11,19-21,23,27-28H,3-4,26H2,1-2H3. The molecule has 2 aromatic carbocycles. The van der Waals surface area contributed by atoms with Crippen LogP contribution in [0.2, 0.25) is 5.02 Å².